The van der Waals surface area contributed by atoms with Crippen molar-refractivity contribution < 1.29 is 14.6 Å². The molecule has 0 bridgehead atoms. The van der Waals surface area contributed by atoms with Crippen LogP contribution in [0, 0.1) is 0 Å². The minimum atomic E-state index is -0.728. The Bertz CT molecular complexity index is 420. The molecular weight excluding hydrogens is 254 g/mol. The predicted octanol–water partition coefficient (Wildman–Crippen LogP) is 1.76. The molecule has 1 aliphatic rings. The molecule has 0 spiro atoms. The molecule has 1 heterocycles. The van der Waals surface area contributed by atoms with Gasteiger partial charge < -0.3 is 19.9 Å². The van der Waals surface area contributed by atoms with Crippen LogP contribution < -0.4 is 10.1 Å². The molecule has 1 aromatic rings. The summed E-state index contributed by atoms with van der Waals surface area (Å²) in [4.78, 5) is 0. The fourth-order valence-corrected chi connectivity index (χ4v) is 2.54. The van der Waals surface area contributed by atoms with Gasteiger partial charge in [0.15, 0.2) is 0 Å². The van der Waals surface area contributed by atoms with E-state index in [1.165, 1.54) is 5.56 Å². The summed E-state index contributed by atoms with van der Waals surface area (Å²) in [6.45, 7) is 5.29. The van der Waals surface area contributed by atoms with E-state index in [0.717, 1.165) is 12.2 Å². The second-order valence-electron chi connectivity index (χ2n) is 5.70. The lowest BCUT2D eigenvalue weighted by molar-refractivity contribution is -0.0273. The second kappa shape index (κ2) is 6.57. The monoisotopic (exact) mass is 279 g/mol. The van der Waals surface area contributed by atoms with Gasteiger partial charge >= 0.3 is 0 Å². The van der Waals surface area contributed by atoms with Gasteiger partial charge in [-0.25, -0.2) is 0 Å². The number of hydrogen-bond donors (Lipinski definition) is 2. The van der Waals surface area contributed by atoms with Crippen LogP contribution in [0.5, 0.6) is 5.75 Å². The van der Waals surface area contributed by atoms with Crippen molar-refractivity contribution in [2.75, 3.05) is 20.3 Å². The van der Waals surface area contributed by atoms with E-state index in [-0.39, 0.29) is 6.10 Å². The molecule has 1 aliphatic heterocycles. The zero-order chi connectivity index (χ0) is 14.6. The molecule has 1 fully saturated rings. The molecule has 1 saturated heterocycles. The van der Waals surface area contributed by atoms with Crippen LogP contribution in [0.15, 0.2) is 24.3 Å². The summed E-state index contributed by atoms with van der Waals surface area (Å²) in [6, 6.07) is 8.41. The lowest BCUT2D eigenvalue weighted by Gasteiger charge is -2.28. The summed E-state index contributed by atoms with van der Waals surface area (Å²) >= 11 is 0. The fourth-order valence-electron chi connectivity index (χ4n) is 2.54. The van der Waals surface area contributed by atoms with Crippen LogP contribution in [0.1, 0.15) is 25.8 Å². The van der Waals surface area contributed by atoms with E-state index in [2.05, 4.69) is 24.4 Å². The standard InChI is InChI=1S/C16H25NO3/c1-12(10-14-4-6-15(19-3)7-5-14)17-11-16(18)8-9-20-13(16)2/h4-7,12-13,17-18H,8-11H2,1-3H3. The molecule has 0 amide bonds. The van der Waals surface area contributed by atoms with E-state index in [0.29, 0.717) is 25.6 Å². The van der Waals surface area contributed by atoms with Gasteiger partial charge in [-0.15, -0.1) is 0 Å². The molecular formula is C16H25NO3. The third-order valence-electron chi connectivity index (χ3n) is 4.12. The molecule has 0 radical (unpaired) electrons. The van der Waals surface area contributed by atoms with Gasteiger partial charge in [-0.1, -0.05) is 12.1 Å². The summed E-state index contributed by atoms with van der Waals surface area (Å²) in [5.74, 6) is 0.876. The Labute approximate surface area is 121 Å². The van der Waals surface area contributed by atoms with Crippen molar-refractivity contribution in [2.24, 2.45) is 0 Å². The number of nitrogens with one attached hydrogen (secondary N) is 1. The topological polar surface area (TPSA) is 50.7 Å². The van der Waals surface area contributed by atoms with Crippen LogP contribution in [0.2, 0.25) is 0 Å². The first-order valence-electron chi connectivity index (χ1n) is 7.24. The average Bonchev–Trinajstić information content (AvgIpc) is 2.78. The molecule has 2 rings (SSSR count). The number of ether oxygens (including phenoxy) is 2. The van der Waals surface area contributed by atoms with Gasteiger partial charge in [0.1, 0.15) is 11.4 Å². The molecule has 3 unspecified atom stereocenters. The lowest BCUT2D eigenvalue weighted by Crippen LogP contribution is -2.48. The van der Waals surface area contributed by atoms with E-state index >= 15 is 0 Å². The average molecular weight is 279 g/mol. The van der Waals surface area contributed by atoms with Crippen LogP contribution in [0.25, 0.3) is 0 Å². The van der Waals surface area contributed by atoms with Crippen LogP contribution in [0.3, 0.4) is 0 Å². The lowest BCUT2D eigenvalue weighted by atomic mass is 9.96. The molecule has 0 aromatic heterocycles. The molecule has 20 heavy (non-hydrogen) atoms. The van der Waals surface area contributed by atoms with E-state index in [9.17, 15) is 5.11 Å². The van der Waals surface area contributed by atoms with Crippen LogP contribution in [-0.2, 0) is 11.2 Å². The quantitative estimate of drug-likeness (QED) is 0.833. The van der Waals surface area contributed by atoms with Crippen molar-refractivity contribution in [1.29, 1.82) is 0 Å². The normalized spacial score (nSPS) is 27.5. The Morgan fingerprint density at radius 3 is 2.70 bits per heavy atom. The third kappa shape index (κ3) is 3.72. The molecule has 0 saturated carbocycles. The highest BCUT2D eigenvalue weighted by Crippen LogP contribution is 2.25. The van der Waals surface area contributed by atoms with E-state index < -0.39 is 5.60 Å². The van der Waals surface area contributed by atoms with Gasteiger partial charge in [-0.2, -0.15) is 0 Å². The third-order valence-corrected chi connectivity index (χ3v) is 4.12. The maximum absolute atomic E-state index is 10.4. The number of aliphatic hydroxyl groups is 1. The van der Waals surface area contributed by atoms with Gasteiger partial charge in [0, 0.05) is 25.6 Å². The zero-order valence-electron chi connectivity index (χ0n) is 12.6. The molecule has 0 aliphatic carbocycles. The fraction of sp³-hybridized carbons (Fsp3) is 0.625. The van der Waals surface area contributed by atoms with Crippen molar-refractivity contribution in [1.82, 2.24) is 5.32 Å². The Morgan fingerprint density at radius 2 is 2.15 bits per heavy atom. The highest BCUT2D eigenvalue weighted by atomic mass is 16.5. The maximum atomic E-state index is 10.4. The summed E-state index contributed by atoms with van der Waals surface area (Å²) in [7, 11) is 1.67. The zero-order valence-corrected chi connectivity index (χ0v) is 12.6. The molecule has 112 valence electrons. The molecule has 2 N–H and O–H groups in total. The SMILES string of the molecule is COc1ccc(CC(C)NCC2(O)CCOC2C)cc1. The maximum Gasteiger partial charge on any atom is 0.118 e. The van der Waals surface area contributed by atoms with Crippen molar-refractivity contribution in [3.05, 3.63) is 29.8 Å². The largest absolute Gasteiger partial charge is 0.497 e. The van der Waals surface area contributed by atoms with Crippen molar-refractivity contribution in [3.8, 4) is 5.75 Å². The summed E-state index contributed by atoms with van der Waals surface area (Å²) in [5.41, 5.74) is 0.530. The Morgan fingerprint density at radius 1 is 1.45 bits per heavy atom. The Balaban J connectivity index is 1.81. The molecule has 4 nitrogen and oxygen atoms in total. The van der Waals surface area contributed by atoms with Crippen molar-refractivity contribution >= 4 is 0 Å². The summed E-state index contributed by atoms with van der Waals surface area (Å²) < 4.78 is 10.6. The first-order chi connectivity index (χ1) is 9.53. The van der Waals surface area contributed by atoms with Crippen molar-refractivity contribution in [3.63, 3.8) is 0 Å². The number of hydrogen-bond acceptors (Lipinski definition) is 4. The Kier molecular flexibility index (Phi) is 5.02. The molecule has 4 heteroatoms. The van der Waals surface area contributed by atoms with Crippen LogP contribution >= 0.6 is 0 Å². The highest BCUT2D eigenvalue weighted by Gasteiger charge is 2.39. The first-order valence-corrected chi connectivity index (χ1v) is 7.24. The van der Waals surface area contributed by atoms with E-state index in [4.69, 9.17) is 9.47 Å². The van der Waals surface area contributed by atoms with Crippen LogP contribution in [-0.4, -0.2) is 43.1 Å². The van der Waals surface area contributed by atoms with Crippen molar-refractivity contribution in [2.45, 2.75) is 44.4 Å². The smallest absolute Gasteiger partial charge is 0.118 e. The van der Waals surface area contributed by atoms with Crippen LogP contribution in [0.4, 0.5) is 0 Å². The van der Waals surface area contributed by atoms with Gasteiger partial charge in [0.2, 0.25) is 0 Å². The minimum absolute atomic E-state index is 0.0943. The minimum Gasteiger partial charge on any atom is -0.497 e. The number of methoxy groups -OCH3 is 1. The number of benzene rings is 1. The van der Waals surface area contributed by atoms with E-state index in [1.54, 1.807) is 7.11 Å². The van der Waals surface area contributed by atoms with E-state index in [1.807, 2.05) is 19.1 Å². The molecule has 3 atom stereocenters. The summed E-state index contributed by atoms with van der Waals surface area (Å²) in [6.07, 6.45) is 1.54. The van der Waals surface area contributed by atoms with Gasteiger partial charge in [0.05, 0.1) is 13.2 Å². The van der Waals surface area contributed by atoms with Gasteiger partial charge in [-0.05, 0) is 38.0 Å². The highest BCUT2D eigenvalue weighted by molar-refractivity contribution is 5.27. The summed E-state index contributed by atoms with van der Waals surface area (Å²) in [5, 5.41) is 13.9. The molecule has 1 aromatic carbocycles. The Hall–Kier alpha value is -1.10. The van der Waals surface area contributed by atoms with Gasteiger partial charge in [0.25, 0.3) is 0 Å². The van der Waals surface area contributed by atoms with Gasteiger partial charge in [-0.3, -0.25) is 0 Å². The predicted molar refractivity (Wildman–Crippen MR) is 79.1 cm³/mol. The number of rotatable bonds is 6. The first kappa shape index (κ1) is 15.3. The second-order valence-corrected chi connectivity index (χ2v) is 5.70.